The van der Waals surface area contributed by atoms with Crippen LogP contribution in [0.1, 0.15) is 34.3 Å². The summed E-state index contributed by atoms with van der Waals surface area (Å²) in [6.45, 7) is 2.78. The molecule has 4 nitrogen and oxygen atoms in total. The summed E-state index contributed by atoms with van der Waals surface area (Å²) in [7, 11) is 0. The topological polar surface area (TPSA) is 53.4 Å². The highest BCUT2D eigenvalue weighted by molar-refractivity contribution is 6.08. The van der Waals surface area contributed by atoms with E-state index in [4.69, 9.17) is 0 Å². The number of piperidine rings is 3. The second-order valence-electron chi connectivity index (χ2n) is 6.87. The second-order valence-corrected chi connectivity index (χ2v) is 6.87. The van der Waals surface area contributed by atoms with Gasteiger partial charge in [0.05, 0.1) is 0 Å². The molecule has 3 aliphatic heterocycles. The van der Waals surface area contributed by atoms with E-state index >= 15 is 0 Å². The molecule has 3 saturated heterocycles. The van der Waals surface area contributed by atoms with Crippen molar-refractivity contribution in [3.8, 4) is 11.8 Å². The number of aromatic nitrogens is 1. The highest BCUT2D eigenvalue weighted by Gasteiger charge is 2.44. The first kappa shape index (κ1) is 16.0. The molecule has 0 saturated carbocycles. The standard InChI is InChI=1S/C21H20N2O2/c24-20(18-2-1-11-22-14-18)17-5-3-16(4-6-17)7-10-21(25)15-23-12-8-19(21)9-13-23/h1-6,11,14,19,25H,8-9,12-13,15H2. The third kappa shape index (κ3) is 3.21. The predicted molar refractivity (Wildman–Crippen MR) is 95.1 cm³/mol. The molecule has 1 aromatic carbocycles. The van der Waals surface area contributed by atoms with Crippen molar-refractivity contribution in [1.29, 1.82) is 0 Å². The number of hydrogen-bond donors (Lipinski definition) is 1. The molecule has 2 bridgehead atoms. The van der Waals surface area contributed by atoms with Crippen LogP contribution in [0.15, 0.2) is 48.8 Å². The van der Waals surface area contributed by atoms with Crippen LogP contribution >= 0.6 is 0 Å². The average Bonchev–Trinajstić information content (AvgIpc) is 2.68. The molecule has 1 N–H and O–H groups in total. The van der Waals surface area contributed by atoms with E-state index in [0.717, 1.165) is 31.5 Å². The number of ketones is 1. The van der Waals surface area contributed by atoms with E-state index in [9.17, 15) is 9.90 Å². The van der Waals surface area contributed by atoms with Gasteiger partial charge in [0.1, 0.15) is 5.60 Å². The molecular weight excluding hydrogens is 312 g/mol. The number of carbonyl (C=O) groups excluding carboxylic acids is 1. The summed E-state index contributed by atoms with van der Waals surface area (Å²) in [4.78, 5) is 18.6. The van der Waals surface area contributed by atoms with E-state index in [1.807, 2.05) is 12.1 Å². The highest BCUT2D eigenvalue weighted by Crippen LogP contribution is 2.35. The zero-order chi connectivity index (χ0) is 17.3. The fourth-order valence-corrected chi connectivity index (χ4v) is 3.73. The van der Waals surface area contributed by atoms with E-state index in [-0.39, 0.29) is 11.7 Å². The Balaban J connectivity index is 1.51. The minimum absolute atomic E-state index is 0.0522. The van der Waals surface area contributed by atoms with E-state index < -0.39 is 5.60 Å². The summed E-state index contributed by atoms with van der Waals surface area (Å²) < 4.78 is 0. The lowest BCUT2D eigenvalue weighted by molar-refractivity contribution is -0.0713. The maximum absolute atomic E-state index is 12.4. The van der Waals surface area contributed by atoms with Gasteiger partial charge in [-0.15, -0.1) is 0 Å². The maximum Gasteiger partial charge on any atom is 0.194 e. The Morgan fingerprint density at radius 1 is 1.16 bits per heavy atom. The van der Waals surface area contributed by atoms with Crippen LogP contribution in [0, 0.1) is 17.8 Å². The number of benzene rings is 1. The first-order valence-corrected chi connectivity index (χ1v) is 8.67. The summed E-state index contributed by atoms with van der Waals surface area (Å²) in [5.41, 5.74) is 1.09. The van der Waals surface area contributed by atoms with Gasteiger partial charge in [-0.2, -0.15) is 0 Å². The van der Waals surface area contributed by atoms with E-state index in [2.05, 4.69) is 21.7 Å². The minimum Gasteiger partial charge on any atom is -0.376 e. The Morgan fingerprint density at radius 3 is 2.52 bits per heavy atom. The Hall–Kier alpha value is -2.48. The zero-order valence-electron chi connectivity index (χ0n) is 14.0. The fourth-order valence-electron chi connectivity index (χ4n) is 3.73. The van der Waals surface area contributed by atoms with E-state index in [0.29, 0.717) is 17.7 Å². The molecule has 1 unspecified atom stereocenters. The Labute approximate surface area is 147 Å². The smallest absolute Gasteiger partial charge is 0.194 e. The monoisotopic (exact) mass is 332 g/mol. The van der Waals surface area contributed by atoms with Gasteiger partial charge in [0, 0.05) is 41.5 Å². The molecule has 2 aromatic rings. The van der Waals surface area contributed by atoms with Crippen LogP contribution in [0.2, 0.25) is 0 Å². The van der Waals surface area contributed by atoms with Gasteiger partial charge in [0.2, 0.25) is 0 Å². The number of hydrogen-bond acceptors (Lipinski definition) is 4. The third-order valence-electron chi connectivity index (χ3n) is 5.22. The van der Waals surface area contributed by atoms with Crippen molar-refractivity contribution in [1.82, 2.24) is 9.88 Å². The molecule has 25 heavy (non-hydrogen) atoms. The molecule has 5 rings (SSSR count). The summed E-state index contributed by atoms with van der Waals surface area (Å²) in [5.74, 6) is 6.41. The SMILES string of the molecule is O=C(c1ccc(C#CC2(O)CN3CCC2CC3)cc1)c1cccnc1. The molecule has 0 spiro atoms. The Kier molecular flexibility index (Phi) is 4.12. The number of rotatable bonds is 2. The Morgan fingerprint density at radius 2 is 1.92 bits per heavy atom. The summed E-state index contributed by atoms with van der Waals surface area (Å²) in [5, 5.41) is 10.8. The van der Waals surface area contributed by atoms with Gasteiger partial charge < -0.3 is 5.11 Å². The third-order valence-corrected chi connectivity index (χ3v) is 5.22. The molecule has 1 atom stereocenters. The van der Waals surface area contributed by atoms with E-state index in [1.54, 1.807) is 36.7 Å². The van der Waals surface area contributed by atoms with Gasteiger partial charge in [-0.05, 0) is 62.3 Å². The summed E-state index contributed by atoms with van der Waals surface area (Å²) in [6.07, 6.45) is 5.25. The van der Waals surface area contributed by atoms with E-state index in [1.165, 1.54) is 0 Å². The van der Waals surface area contributed by atoms with Crippen LogP contribution < -0.4 is 0 Å². The fraction of sp³-hybridized carbons (Fsp3) is 0.333. The molecule has 4 heterocycles. The molecular formula is C21H20N2O2. The number of fused-ring (bicyclic) bond motifs is 3. The minimum atomic E-state index is -0.902. The summed E-state index contributed by atoms with van der Waals surface area (Å²) in [6, 6.07) is 10.7. The zero-order valence-corrected chi connectivity index (χ0v) is 14.0. The van der Waals surface area contributed by atoms with Crippen LogP contribution in [-0.4, -0.2) is 46.0 Å². The van der Waals surface area contributed by atoms with Crippen molar-refractivity contribution in [3.63, 3.8) is 0 Å². The van der Waals surface area contributed by atoms with Crippen LogP contribution in [0.25, 0.3) is 0 Å². The van der Waals surface area contributed by atoms with Crippen molar-refractivity contribution >= 4 is 5.78 Å². The second kappa shape index (κ2) is 6.44. The van der Waals surface area contributed by atoms with Crippen molar-refractivity contribution in [2.45, 2.75) is 18.4 Å². The average molecular weight is 332 g/mol. The first-order valence-electron chi connectivity index (χ1n) is 8.67. The van der Waals surface area contributed by atoms with Gasteiger partial charge in [0.25, 0.3) is 0 Å². The largest absolute Gasteiger partial charge is 0.376 e. The molecule has 0 aliphatic carbocycles. The molecule has 0 radical (unpaired) electrons. The van der Waals surface area contributed by atoms with Gasteiger partial charge in [-0.3, -0.25) is 14.7 Å². The molecule has 1 aromatic heterocycles. The van der Waals surface area contributed by atoms with Crippen molar-refractivity contribution < 1.29 is 9.90 Å². The van der Waals surface area contributed by atoms with Crippen LogP contribution in [0.4, 0.5) is 0 Å². The van der Waals surface area contributed by atoms with Crippen molar-refractivity contribution in [2.24, 2.45) is 5.92 Å². The summed E-state index contributed by atoms with van der Waals surface area (Å²) >= 11 is 0. The van der Waals surface area contributed by atoms with Crippen molar-refractivity contribution in [3.05, 3.63) is 65.5 Å². The number of nitrogens with zero attached hydrogens (tertiary/aromatic N) is 2. The van der Waals surface area contributed by atoms with Crippen molar-refractivity contribution in [2.75, 3.05) is 19.6 Å². The first-order chi connectivity index (χ1) is 12.1. The Bertz CT molecular complexity index is 828. The molecule has 126 valence electrons. The maximum atomic E-state index is 12.4. The van der Waals surface area contributed by atoms with Gasteiger partial charge in [-0.1, -0.05) is 11.8 Å². The lowest BCUT2D eigenvalue weighted by atomic mass is 9.76. The molecule has 3 fully saturated rings. The van der Waals surface area contributed by atoms with Crippen LogP contribution in [0.5, 0.6) is 0 Å². The number of pyridine rings is 1. The molecule has 4 heteroatoms. The molecule has 3 aliphatic rings. The van der Waals surface area contributed by atoms with Gasteiger partial charge in [-0.25, -0.2) is 0 Å². The normalized spacial score (nSPS) is 27.4. The lowest BCUT2D eigenvalue weighted by Crippen LogP contribution is -2.58. The van der Waals surface area contributed by atoms with Gasteiger partial charge in [0.15, 0.2) is 5.78 Å². The molecule has 0 amide bonds. The quantitative estimate of drug-likeness (QED) is 0.676. The number of carbonyl (C=O) groups is 1. The van der Waals surface area contributed by atoms with Crippen LogP contribution in [0.3, 0.4) is 0 Å². The lowest BCUT2D eigenvalue weighted by Gasteiger charge is -2.47. The predicted octanol–water partition coefficient (Wildman–Crippen LogP) is 2.12. The van der Waals surface area contributed by atoms with Gasteiger partial charge >= 0.3 is 0 Å². The highest BCUT2D eigenvalue weighted by atomic mass is 16.3. The van der Waals surface area contributed by atoms with Crippen LogP contribution in [-0.2, 0) is 0 Å². The number of aliphatic hydroxyl groups is 1.